The molecule has 0 saturated carbocycles. The van der Waals surface area contributed by atoms with Crippen molar-refractivity contribution in [3.63, 3.8) is 0 Å². The van der Waals surface area contributed by atoms with E-state index < -0.39 is 4.92 Å². The van der Waals surface area contributed by atoms with Crippen LogP contribution in [0.15, 0.2) is 36.5 Å². The summed E-state index contributed by atoms with van der Waals surface area (Å²) in [5.41, 5.74) is 1.41. The third-order valence-corrected chi connectivity index (χ3v) is 2.32. The largest absolute Gasteiger partial charge is 0.295 e. The molecule has 1 heterocycles. The molecule has 0 aliphatic rings. The first-order valence-corrected chi connectivity index (χ1v) is 4.95. The molecular weight excluding hydrogens is 223 g/mol. The quantitative estimate of drug-likeness (QED) is 0.590. The van der Waals surface area contributed by atoms with Gasteiger partial charge in [0.15, 0.2) is 0 Å². The average molecular weight is 232 g/mol. The number of aryl methyl sites for hydroxylation is 1. The third-order valence-electron chi connectivity index (χ3n) is 2.32. The Morgan fingerprint density at radius 1 is 1.29 bits per heavy atom. The van der Waals surface area contributed by atoms with Gasteiger partial charge in [0.25, 0.3) is 5.69 Å². The van der Waals surface area contributed by atoms with Crippen LogP contribution in [0.5, 0.6) is 0 Å². The molecule has 0 aliphatic carbocycles. The van der Waals surface area contributed by atoms with Gasteiger partial charge in [-0.05, 0) is 36.8 Å². The third kappa shape index (κ3) is 2.28. The van der Waals surface area contributed by atoms with Crippen LogP contribution in [0.4, 0.5) is 10.1 Å². The number of hydrogen-bond acceptors (Lipinski definition) is 3. The highest BCUT2D eigenvalue weighted by molar-refractivity contribution is 5.69. The molecule has 5 heteroatoms. The molecular formula is C12H9FN2O2. The Bertz CT molecular complexity index is 567. The highest BCUT2D eigenvalue weighted by atomic mass is 19.1. The van der Waals surface area contributed by atoms with E-state index in [0.29, 0.717) is 11.1 Å². The summed E-state index contributed by atoms with van der Waals surface area (Å²) in [6.07, 6.45) is 1.55. The van der Waals surface area contributed by atoms with E-state index >= 15 is 0 Å². The summed E-state index contributed by atoms with van der Waals surface area (Å²) >= 11 is 0. The van der Waals surface area contributed by atoms with Crippen LogP contribution in [-0.4, -0.2) is 9.91 Å². The van der Waals surface area contributed by atoms with E-state index in [1.807, 2.05) is 0 Å². The number of hydrogen-bond donors (Lipinski definition) is 0. The number of rotatable bonds is 2. The molecule has 0 N–H and O–H groups in total. The highest BCUT2D eigenvalue weighted by Gasteiger charge is 2.16. The van der Waals surface area contributed by atoms with E-state index in [-0.39, 0.29) is 17.2 Å². The molecule has 0 fully saturated rings. The molecule has 1 aromatic carbocycles. The van der Waals surface area contributed by atoms with Crippen LogP contribution in [-0.2, 0) is 0 Å². The minimum absolute atomic E-state index is 0.0726. The summed E-state index contributed by atoms with van der Waals surface area (Å²) in [6.45, 7) is 1.73. The Morgan fingerprint density at radius 3 is 2.53 bits per heavy atom. The summed E-state index contributed by atoms with van der Waals surface area (Å²) in [7, 11) is 0. The number of nitro groups is 1. The monoisotopic (exact) mass is 232 g/mol. The maximum Gasteiger partial charge on any atom is 0.295 e. The normalized spacial score (nSPS) is 10.2. The van der Waals surface area contributed by atoms with Gasteiger partial charge in [0.1, 0.15) is 11.5 Å². The van der Waals surface area contributed by atoms with Gasteiger partial charge in [-0.3, -0.25) is 10.1 Å². The van der Waals surface area contributed by atoms with Crippen LogP contribution in [0.2, 0.25) is 0 Å². The molecule has 0 amide bonds. The zero-order chi connectivity index (χ0) is 12.4. The number of pyridine rings is 1. The lowest BCUT2D eigenvalue weighted by Crippen LogP contribution is -1.95. The number of aromatic nitrogens is 1. The van der Waals surface area contributed by atoms with Crippen molar-refractivity contribution in [1.29, 1.82) is 0 Å². The molecule has 0 saturated heterocycles. The van der Waals surface area contributed by atoms with Gasteiger partial charge in [0, 0.05) is 17.8 Å². The fraction of sp³-hybridized carbons (Fsp3) is 0.0833. The van der Waals surface area contributed by atoms with Crippen LogP contribution in [0, 0.1) is 22.9 Å². The topological polar surface area (TPSA) is 56.0 Å². The van der Waals surface area contributed by atoms with E-state index in [2.05, 4.69) is 4.98 Å². The molecule has 2 aromatic rings. The van der Waals surface area contributed by atoms with Gasteiger partial charge < -0.3 is 0 Å². The van der Waals surface area contributed by atoms with Crippen molar-refractivity contribution in [2.24, 2.45) is 0 Å². The fourth-order valence-corrected chi connectivity index (χ4v) is 1.52. The molecule has 17 heavy (non-hydrogen) atoms. The predicted molar refractivity (Wildman–Crippen MR) is 61.0 cm³/mol. The van der Waals surface area contributed by atoms with E-state index in [1.165, 1.54) is 30.3 Å². The van der Waals surface area contributed by atoms with Crippen molar-refractivity contribution in [2.45, 2.75) is 6.92 Å². The Kier molecular flexibility index (Phi) is 2.82. The minimum atomic E-state index is -0.487. The minimum Gasteiger partial charge on any atom is -0.258 e. The van der Waals surface area contributed by atoms with E-state index in [1.54, 1.807) is 13.1 Å². The summed E-state index contributed by atoms with van der Waals surface area (Å²) in [5.74, 6) is -0.386. The maximum absolute atomic E-state index is 12.8. The van der Waals surface area contributed by atoms with Crippen molar-refractivity contribution in [3.05, 3.63) is 58.0 Å². The van der Waals surface area contributed by atoms with Crippen LogP contribution in [0.25, 0.3) is 11.3 Å². The SMILES string of the molecule is Cc1cnc(-c2ccc(F)cc2)c([N+](=O)[O-])c1. The van der Waals surface area contributed by atoms with Crippen molar-refractivity contribution in [3.8, 4) is 11.3 Å². The maximum atomic E-state index is 12.8. The molecule has 0 radical (unpaired) electrons. The Morgan fingerprint density at radius 2 is 1.94 bits per heavy atom. The molecule has 0 atom stereocenters. The van der Waals surface area contributed by atoms with Gasteiger partial charge in [-0.15, -0.1) is 0 Å². The Balaban J connectivity index is 2.58. The van der Waals surface area contributed by atoms with Gasteiger partial charge in [-0.1, -0.05) is 0 Å². The van der Waals surface area contributed by atoms with Crippen LogP contribution < -0.4 is 0 Å². The van der Waals surface area contributed by atoms with E-state index in [0.717, 1.165) is 0 Å². The number of halogens is 1. The van der Waals surface area contributed by atoms with E-state index in [4.69, 9.17) is 0 Å². The number of benzene rings is 1. The molecule has 4 nitrogen and oxygen atoms in total. The lowest BCUT2D eigenvalue weighted by atomic mass is 10.1. The van der Waals surface area contributed by atoms with Crippen molar-refractivity contribution < 1.29 is 9.31 Å². The molecule has 0 unspecified atom stereocenters. The Labute approximate surface area is 96.9 Å². The van der Waals surface area contributed by atoms with Crippen molar-refractivity contribution in [2.75, 3.05) is 0 Å². The van der Waals surface area contributed by atoms with E-state index in [9.17, 15) is 14.5 Å². The summed E-state index contributed by atoms with van der Waals surface area (Å²) < 4.78 is 12.8. The zero-order valence-corrected chi connectivity index (χ0v) is 9.05. The van der Waals surface area contributed by atoms with Gasteiger partial charge in [0.05, 0.1) is 4.92 Å². The molecule has 0 aliphatic heterocycles. The smallest absolute Gasteiger partial charge is 0.258 e. The van der Waals surface area contributed by atoms with Gasteiger partial charge in [-0.2, -0.15) is 0 Å². The molecule has 86 valence electrons. The van der Waals surface area contributed by atoms with Crippen molar-refractivity contribution >= 4 is 5.69 Å². The fourth-order valence-electron chi connectivity index (χ4n) is 1.52. The second-order valence-electron chi connectivity index (χ2n) is 3.64. The first-order valence-electron chi connectivity index (χ1n) is 4.95. The molecule has 1 aromatic heterocycles. The summed E-state index contributed by atoms with van der Waals surface area (Å²) in [6, 6.07) is 6.90. The lowest BCUT2D eigenvalue weighted by molar-refractivity contribution is -0.384. The summed E-state index contributed by atoms with van der Waals surface area (Å²) in [5, 5.41) is 10.9. The number of nitrogens with zero attached hydrogens (tertiary/aromatic N) is 2. The van der Waals surface area contributed by atoms with Crippen LogP contribution in [0.1, 0.15) is 5.56 Å². The van der Waals surface area contributed by atoms with Gasteiger partial charge in [-0.25, -0.2) is 9.37 Å². The van der Waals surface area contributed by atoms with Crippen molar-refractivity contribution in [1.82, 2.24) is 4.98 Å². The van der Waals surface area contributed by atoms with Gasteiger partial charge in [0.2, 0.25) is 0 Å². The first-order chi connectivity index (χ1) is 8.08. The van der Waals surface area contributed by atoms with Crippen LogP contribution >= 0.6 is 0 Å². The Hall–Kier alpha value is -2.30. The highest BCUT2D eigenvalue weighted by Crippen LogP contribution is 2.28. The lowest BCUT2D eigenvalue weighted by Gasteiger charge is -2.03. The van der Waals surface area contributed by atoms with Crippen LogP contribution in [0.3, 0.4) is 0 Å². The standard InChI is InChI=1S/C12H9FN2O2/c1-8-6-11(15(16)17)12(14-7-8)9-2-4-10(13)5-3-9/h2-7H,1H3. The average Bonchev–Trinajstić information content (AvgIpc) is 2.30. The molecule has 0 bridgehead atoms. The molecule has 0 spiro atoms. The predicted octanol–water partition coefficient (Wildman–Crippen LogP) is 3.10. The first kappa shape index (κ1) is 11.2. The second kappa shape index (κ2) is 4.29. The van der Waals surface area contributed by atoms with Gasteiger partial charge >= 0.3 is 0 Å². The zero-order valence-electron chi connectivity index (χ0n) is 9.05. The molecule has 2 rings (SSSR count). The second-order valence-corrected chi connectivity index (χ2v) is 3.64. The summed E-state index contributed by atoms with van der Waals surface area (Å²) in [4.78, 5) is 14.5.